The van der Waals surface area contributed by atoms with E-state index in [2.05, 4.69) is 0 Å². The molecule has 0 radical (unpaired) electrons. The van der Waals surface area contributed by atoms with Gasteiger partial charge in [-0.25, -0.2) is 4.79 Å². The molecule has 0 aromatic heterocycles. The van der Waals surface area contributed by atoms with E-state index >= 15 is 0 Å². The van der Waals surface area contributed by atoms with Crippen LogP contribution in [0.2, 0.25) is 0 Å². The van der Waals surface area contributed by atoms with Gasteiger partial charge in [-0.2, -0.15) is 0 Å². The average Bonchev–Trinajstić information content (AvgIpc) is 2.14. The Labute approximate surface area is 51.4 Å². The Morgan fingerprint density at radius 2 is 2.62 bits per heavy atom. The highest BCUT2D eigenvalue weighted by atomic mass is 32.2. The molecule has 0 aromatic carbocycles. The van der Waals surface area contributed by atoms with E-state index in [1.807, 2.05) is 6.08 Å². The zero-order valence-electron chi connectivity index (χ0n) is 4.18. The topological polar surface area (TPSA) is 43.1 Å². The third kappa shape index (κ3) is 0.941. The first-order valence-corrected chi connectivity index (χ1v) is 3.02. The first-order valence-electron chi connectivity index (χ1n) is 2.20. The molecule has 0 atom stereocenters. The number of thioether (sulfide) groups is 1. The zero-order valence-corrected chi connectivity index (χ0v) is 4.99. The number of carbonyl (C=O) groups excluding carboxylic acids is 1. The van der Waals surface area contributed by atoms with E-state index in [0.29, 0.717) is 16.4 Å². The standard InChI is InChI=1S/C5H5NOS/c6-5-2-1-4(3-7)8-5/h2H,1,6H2. The number of allylic oxidation sites excluding steroid dienone is 2. The van der Waals surface area contributed by atoms with E-state index in [1.165, 1.54) is 11.8 Å². The minimum absolute atomic E-state index is 0.667. The van der Waals surface area contributed by atoms with Crippen molar-refractivity contribution >= 4 is 17.7 Å². The molecule has 3 heteroatoms. The summed E-state index contributed by atoms with van der Waals surface area (Å²) in [5.74, 6) is 1.79. The number of rotatable bonds is 0. The Morgan fingerprint density at radius 1 is 1.88 bits per heavy atom. The number of hydrogen-bond acceptors (Lipinski definition) is 3. The van der Waals surface area contributed by atoms with Crippen LogP contribution >= 0.6 is 11.8 Å². The van der Waals surface area contributed by atoms with Crippen LogP contribution in [0.1, 0.15) is 6.42 Å². The van der Waals surface area contributed by atoms with E-state index < -0.39 is 0 Å². The third-order valence-electron chi connectivity index (χ3n) is 0.844. The maximum atomic E-state index is 9.88. The summed E-state index contributed by atoms with van der Waals surface area (Å²) in [4.78, 5) is 10.6. The predicted molar refractivity (Wildman–Crippen MR) is 33.7 cm³/mol. The predicted octanol–water partition coefficient (Wildman–Crippen LogP) is 0.639. The molecule has 1 aliphatic heterocycles. The molecular weight excluding hydrogens is 122 g/mol. The van der Waals surface area contributed by atoms with Crippen molar-refractivity contribution in [2.24, 2.45) is 5.73 Å². The first kappa shape index (κ1) is 5.48. The maximum Gasteiger partial charge on any atom is 0.135 e. The number of hydrogen-bond donors (Lipinski definition) is 1. The minimum atomic E-state index is 0.667. The average molecular weight is 127 g/mol. The fraction of sp³-hybridized carbons (Fsp3) is 0.200. The Kier molecular flexibility index (Phi) is 1.42. The summed E-state index contributed by atoms with van der Waals surface area (Å²) in [6.45, 7) is 0. The van der Waals surface area contributed by atoms with Crippen molar-refractivity contribution in [3.05, 3.63) is 16.0 Å². The monoisotopic (exact) mass is 127 g/mol. The summed E-state index contributed by atoms with van der Waals surface area (Å²) in [7, 11) is 0. The third-order valence-corrected chi connectivity index (χ3v) is 1.74. The summed E-state index contributed by atoms with van der Waals surface area (Å²) < 4.78 is 0. The molecule has 1 aliphatic rings. The molecule has 42 valence electrons. The summed E-state index contributed by atoms with van der Waals surface area (Å²) in [6.07, 6.45) is 2.48. The maximum absolute atomic E-state index is 9.88. The molecule has 1 heterocycles. The van der Waals surface area contributed by atoms with Crippen LogP contribution in [0, 0.1) is 0 Å². The molecule has 0 spiro atoms. The molecule has 8 heavy (non-hydrogen) atoms. The molecule has 2 N–H and O–H groups in total. The Morgan fingerprint density at radius 3 is 2.88 bits per heavy atom. The van der Waals surface area contributed by atoms with Gasteiger partial charge in [0.2, 0.25) is 0 Å². The molecule has 0 amide bonds. The molecular formula is C5H5NOS. The first-order chi connectivity index (χ1) is 3.83. The van der Waals surface area contributed by atoms with Crippen molar-refractivity contribution in [2.75, 3.05) is 0 Å². The van der Waals surface area contributed by atoms with Gasteiger partial charge in [0.15, 0.2) is 0 Å². The quantitative estimate of drug-likeness (QED) is 0.485. The highest BCUT2D eigenvalue weighted by Crippen LogP contribution is 2.29. The summed E-state index contributed by atoms with van der Waals surface area (Å²) in [5.41, 5.74) is 5.33. The van der Waals surface area contributed by atoms with Gasteiger partial charge in [0, 0.05) is 6.42 Å². The lowest BCUT2D eigenvalue weighted by atomic mass is 10.4. The van der Waals surface area contributed by atoms with Gasteiger partial charge in [0.1, 0.15) is 5.94 Å². The molecule has 1 rings (SSSR count). The van der Waals surface area contributed by atoms with E-state index in [4.69, 9.17) is 5.73 Å². The Hall–Kier alpha value is -0.660. The molecule has 0 saturated heterocycles. The lowest BCUT2D eigenvalue weighted by Crippen LogP contribution is -1.84. The van der Waals surface area contributed by atoms with Gasteiger partial charge in [-0.15, -0.1) is 0 Å². The molecule has 0 saturated carbocycles. The molecule has 0 aliphatic carbocycles. The van der Waals surface area contributed by atoms with Gasteiger partial charge in [0.05, 0.1) is 9.93 Å². The van der Waals surface area contributed by atoms with Crippen molar-refractivity contribution < 1.29 is 4.79 Å². The van der Waals surface area contributed by atoms with Crippen LogP contribution < -0.4 is 5.73 Å². The van der Waals surface area contributed by atoms with Crippen LogP contribution in [-0.4, -0.2) is 5.94 Å². The van der Waals surface area contributed by atoms with Crippen LogP contribution in [0.5, 0.6) is 0 Å². The van der Waals surface area contributed by atoms with Crippen molar-refractivity contribution in [1.82, 2.24) is 0 Å². The largest absolute Gasteiger partial charge is 0.393 e. The lowest BCUT2D eigenvalue weighted by Gasteiger charge is -1.84. The van der Waals surface area contributed by atoms with Gasteiger partial charge in [-0.3, -0.25) is 0 Å². The molecule has 2 nitrogen and oxygen atoms in total. The second-order valence-corrected chi connectivity index (χ2v) is 2.61. The lowest BCUT2D eigenvalue weighted by molar-refractivity contribution is 0.568. The van der Waals surface area contributed by atoms with E-state index in [-0.39, 0.29) is 0 Å². The van der Waals surface area contributed by atoms with Gasteiger partial charge in [0.25, 0.3) is 0 Å². The normalized spacial score (nSPS) is 18.0. The van der Waals surface area contributed by atoms with Crippen molar-refractivity contribution in [3.63, 3.8) is 0 Å². The fourth-order valence-electron chi connectivity index (χ4n) is 0.481. The Bertz CT molecular complexity index is 179. The minimum Gasteiger partial charge on any atom is -0.393 e. The van der Waals surface area contributed by atoms with Gasteiger partial charge in [-0.05, 0) is 6.08 Å². The molecule has 0 unspecified atom stereocenters. The van der Waals surface area contributed by atoms with Crippen LogP contribution in [0.3, 0.4) is 0 Å². The molecule has 0 bridgehead atoms. The van der Waals surface area contributed by atoms with Crippen LogP contribution in [-0.2, 0) is 4.79 Å². The van der Waals surface area contributed by atoms with Crippen molar-refractivity contribution in [1.29, 1.82) is 0 Å². The SMILES string of the molecule is NC1=CCC(=C=O)S1. The summed E-state index contributed by atoms with van der Waals surface area (Å²) in [5, 5.41) is 0.711. The fourth-order valence-corrected chi connectivity index (χ4v) is 1.14. The van der Waals surface area contributed by atoms with Gasteiger partial charge < -0.3 is 5.73 Å². The second-order valence-electron chi connectivity index (χ2n) is 1.44. The summed E-state index contributed by atoms with van der Waals surface area (Å²) in [6, 6.07) is 0. The smallest absolute Gasteiger partial charge is 0.135 e. The van der Waals surface area contributed by atoms with E-state index in [0.717, 1.165) is 0 Å². The van der Waals surface area contributed by atoms with Crippen LogP contribution in [0.15, 0.2) is 16.0 Å². The van der Waals surface area contributed by atoms with Crippen molar-refractivity contribution in [3.8, 4) is 0 Å². The van der Waals surface area contributed by atoms with Crippen LogP contribution in [0.4, 0.5) is 0 Å². The highest BCUT2D eigenvalue weighted by Gasteiger charge is 2.06. The summed E-state index contributed by atoms with van der Waals surface area (Å²) >= 11 is 1.30. The van der Waals surface area contributed by atoms with E-state index in [1.54, 1.807) is 5.94 Å². The van der Waals surface area contributed by atoms with Crippen molar-refractivity contribution in [2.45, 2.75) is 6.42 Å². The van der Waals surface area contributed by atoms with Crippen LogP contribution in [0.25, 0.3) is 0 Å². The highest BCUT2D eigenvalue weighted by molar-refractivity contribution is 8.07. The van der Waals surface area contributed by atoms with Gasteiger partial charge >= 0.3 is 0 Å². The molecule has 0 aromatic rings. The zero-order chi connectivity index (χ0) is 5.98. The van der Waals surface area contributed by atoms with E-state index in [9.17, 15) is 4.79 Å². The molecule has 0 fully saturated rings. The number of nitrogens with two attached hydrogens (primary N) is 1. The second kappa shape index (κ2) is 2.07. The Balaban J connectivity index is 2.69. The van der Waals surface area contributed by atoms with Gasteiger partial charge in [-0.1, -0.05) is 11.8 Å².